The number of ether oxygens (including phenoxy) is 1. The van der Waals surface area contributed by atoms with Crippen LogP contribution in [0, 0.1) is 6.92 Å². The van der Waals surface area contributed by atoms with Crippen molar-refractivity contribution in [1.82, 2.24) is 15.5 Å². The van der Waals surface area contributed by atoms with Gasteiger partial charge in [0.25, 0.3) is 6.17 Å². The molecule has 0 radical (unpaired) electrons. The normalized spacial score (nSPS) is 13.7. The third kappa shape index (κ3) is 5.61. The number of nitrogens with one attached hydrogen (secondary N) is 1. The number of nitrogens with zero attached hydrogens (tertiary/aromatic N) is 2. The van der Waals surface area contributed by atoms with Crippen LogP contribution in [0.25, 0.3) is 0 Å². The molecule has 1 heterocycles. The van der Waals surface area contributed by atoms with Crippen molar-refractivity contribution in [3.63, 3.8) is 0 Å². The second kappa shape index (κ2) is 7.94. The summed E-state index contributed by atoms with van der Waals surface area (Å²) < 4.78 is 84.0. The molecule has 0 aliphatic heterocycles. The summed E-state index contributed by atoms with van der Waals surface area (Å²) in [4.78, 5) is 4.02. The van der Waals surface area contributed by atoms with Crippen molar-refractivity contribution >= 4 is 0 Å². The van der Waals surface area contributed by atoms with Crippen LogP contribution in [0.3, 0.4) is 0 Å². The van der Waals surface area contributed by atoms with Gasteiger partial charge < -0.3 is 14.6 Å². The summed E-state index contributed by atoms with van der Waals surface area (Å²) >= 11 is 0. The van der Waals surface area contributed by atoms with Crippen LogP contribution in [0.5, 0.6) is 5.75 Å². The number of benzene rings is 1. The summed E-state index contributed by atoms with van der Waals surface area (Å²) in [5, 5.41) is 6.67. The van der Waals surface area contributed by atoms with Crippen LogP contribution in [0.2, 0.25) is 0 Å². The fourth-order valence-corrected chi connectivity index (χ4v) is 1.94. The Morgan fingerprint density at radius 3 is 2.35 bits per heavy atom. The smallest absolute Gasteiger partial charge is 0.430 e. The van der Waals surface area contributed by atoms with Crippen molar-refractivity contribution < 1.29 is 35.6 Å². The molecule has 1 aromatic heterocycles. The summed E-state index contributed by atoms with van der Waals surface area (Å²) in [6, 6.07) is 4.82. The maximum atomic E-state index is 13.2. The molecular formula is C15H15F6N3O2. The number of rotatable bonds is 8. The first kappa shape index (κ1) is 20.0. The van der Waals surface area contributed by atoms with Crippen molar-refractivity contribution in [2.24, 2.45) is 0 Å². The van der Waals surface area contributed by atoms with E-state index in [2.05, 4.69) is 20.2 Å². The van der Waals surface area contributed by atoms with E-state index in [9.17, 15) is 26.3 Å². The molecule has 1 atom stereocenters. The number of halogens is 6. The number of hydrogen-bond donors (Lipinski definition) is 1. The zero-order chi connectivity index (χ0) is 19.4. The minimum Gasteiger partial charge on any atom is -0.430 e. The maximum absolute atomic E-state index is 13.2. The number of aryl methyl sites for hydroxylation is 1. The third-order valence-electron chi connectivity index (χ3n) is 3.17. The van der Waals surface area contributed by atoms with Gasteiger partial charge in [0, 0.05) is 19.5 Å². The van der Waals surface area contributed by atoms with Gasteiger partial charge in [0.1, 0.15) is 5.75 Å². The zero-order valence-electron chi connectivity index (χ0n) is 13.5. The summed E-state index contributed by atoms with van der Waals surface area (Å²) in [5.74, 6) is 0.409. The molecular weight excluding hydrogens is 368 g/mol. The van der Waals surface area contributed by atoms with Crippen LogP contribution in [0.15, 0.2) is 28.8 Å². The predicted octanol–water partition coefficient (Wildman–Crippen LogP) is 3.58. The molecule has 0 saturated heterocycles. The van der Waals surface area contributed by atoms with Crippen LogP contribution >= 0.6 is 0 Å². The lowest BCUT2D eigenvalue weighted by atomic mass is 10.2. The second-order valence-corrected chi connectivity index (χ2v) is 5.37. The van der Waals surface area contributed by atoms with Gasteiger partial charge in [-0.3, -0.25) is 0 Å². The van der Waals surface area contributed by atoms with Crippen LogP contribution < -0.4 is 10.1 Å². The highest BCUT2D eigenvalue weighted by Crippen LogP contribution is 2.36. The van der Waals surface area contributed by atoms with Crippen LogP contribution in [0.1, 0.15) is 17.3 Å². The highest BCUT2D eigenvalue weighted by Gasteiger charge is 2.59. The summed E-state index contributed by atoms with van der Waals surface area (Å²) in [6.45, 7) is 2.55. The van der Waals surface area contributed by atoms with Crippen molar-refractivity contribution in [2.45, 2.75) is 38.3 Å². The Labute approximate surface area is 144 Å². The van der Waals surface area contributed by atoms with Crippen LogP contribution in [-0.4, -0.2) is 35.1 Å². The van der Waals surface area contributed by atoms with Gasteiger partial charge in [-0.05, 0) is 24.6 Å². The standard InChI is InChI=1S/C15H15F6N3O2/c1-9-23-12(26-24-9)6-7-22-8-10-2-4-11(5-3-10)25-15(20,21)13(16)14(17,18)19/h2-5,13,22H,6-8H2,1H3. The number of aromatic nitrogens is 2. The first-order chi connectivity index (χ1) is 12.1. The molecule has 1 unspecified atom stereocenters. The average Bonchev–Trinajstić information content (AvgIpc) is 2.96. The van der Waals surface area contributed by atoms with Gasteiger partial charge in [-0.25, -0.2) is 4.39 Å². The van der Waals surface area contributed by atoms with Crippen molar-refractivity contribution in [3.8, 4) is 5.75 Å². The monoisotopic (exact) mass is 383 g/mol. The van der Waals surface area contributed by atoms with Crippen LogP contribution in [-0.2, 0) is 13.0 Å². The molecule has 2 aromatic rings. The molecule has 0 amide bonds. The molecule has 26 heavy (non-hydrogen) atoms. The molecule has 0 bridgehead atoms. The molecule has 144 valence electrons. The molecule has 1 N–H and O–H groups in total. The minimum absolute atomic E-state index is 0.359. The highest BCUT2D eigenvalue weighted by atomic mass is 19.4. The Bertz CT molecular complexity index is 702. The first-order valence-corrected chi connectivity index (χ1v) is 7.44. The molecule has 0 saturated carbocycles. The van der Waals surface area contributed by atoms with Crippen molar-refractivity contribution in [2.75, 3.05) is 6.54 Å². The quantitative estimate of drug-likeness (QED) is 0.558. The Kier molecular flexibility index (Phi) is 6.11. The topological polar surface area (TPSA) is 60.2 Å². The summed E-state index contributed by atoms with van der Waals surface area (Å²) in [6.07, 6.45) is -14.7. The van der Waals surface area contributed by atoms with E-state index in [1.165, 1.54) is 12.1 Å². The van der Waals surface area contributed by atoms with E-state index in [-0.39, 0.29) is 0 Å². The maximum Gasteiger partial charge on any atom is 0.439 e. The van der Waals surface area contributed by atoms with E-state index in [0.717, 1.165) is 12.1 Å². The summed E-state index contributed by atoms with van der Waals surface area (Å²) in [5.41, 5.74) is 0.662. The molecule has 5 nitrogen and oxygen atoms in total. The average molecular weight is 383 g/mol. The van der Waals surface area contributed by atoms with E-state index in [0.29, 0.717) is 36.8 Å². The zero-order valence-corrected chi connectivity index (χ0v) is 13.5. The van der Waals surface area contributed by atoms with Gasteiger partial charge in [0.15, 0.2) is 5.82 Å². The van der Waals surface area contributed by atoms with Crippen molar-refractivity contribution in [1.29, 1.82) is 0 Å². The lowest BCUT2D eigenvalue weighted by Gasteiger charge is -2.23. The van der Waals surface area contributed by atoms with Gasteiger partial charge in [-0.1, -0.05) is 17.3 Å². The molecule has 11 heteroatoms. The van der Waals surface area contributed by atoms with Gasteiger partial charge >= 0.3 is 12.3 Å². The van der Waals surface area contributed by atoms with E-state index in [4.69, 9.17) is 4.52 Å². The molecule has 0 fully saturated rings. The molecule has 0 spiro atoms. The largest absolute Gasteiger partial charge is 0.439 e. The Morgan fingerprint density at radius 1 is 1.15 bits per heavy atom. The molecule has 2 rings (SSSR count). The third-order valence-corrected chi connectivity index (χ3v) is 3.17. The summed E-state index contributed by atoms with van der Waals surface area (Å²) in [7, 11) is 0. The minimum atomic E-state index is -5.72. The van der Waals surface area contributed by atoms with E-state index < -0.39 is 24.2 Å². The fourth-order valence-electron chi connectivity index (χ4n) is 1.94. The van der Waals surface area contributed by atoms with E-state index in [1.807, 2.05) is 0 Å². The molecule has 0 aliphatic carbocycles. The second-order valence-electron chi connectivity index (χ2n) is 5.37. The Morgan fingerprint density at radius 2 is 1.81 bits per heavy atom. The number of alkyl halides is 6. The van der Waals surface area contributed by atoms with Crippen molar-refractivity contribution in [3.05, 3.63) is 41.5 Å². The Hall–Kier alpha value is -2.30. The van der Waals surface area contributed by atoms with E-state index >= 15 is 0 Å². The SMILES string of the molecule is Cc1noc(CCNCc2ccc(OC(F)(F)C(F)C(F)(F)F)cc2)n1. The predicted molar refractivity (Wildman–Crippen MR) is 77.4 cm³/mol. The lowest BCUT2D eigenvalue weighted by molar-refractivity contribution is -0.304. The Balaban J connectivity index is 1.82. The fraction of sp³-hybridized carbons (Fsp3) is 0.467. The van der Waals surface area contributed by atoms with Gasteiger partial charge in [-0.2, -0.15) is 26.9 Å². The lowest BCUT2D eigenvalue weighted by Crippen LogP contribution is -2.45. The molecule has 1 aromatic carbocycles. The highest BCUT2D eigenvalue weighted by molar-refractivity contribution is 5.27. The number of hydrogen-bond acceptors (Lipinski definition) is 5. The first-order valence-electron chi connectivity index (χ1n) is 7.44. The van der Waals surface area contributed by atoms with Crippen LogP contribution in [0.4, 0.5) is 26.3 Å². The van der Waals surface area contributed by atoms with Gasteiger partial charge in [0.05, 0.1) is 0 Å². The van der Waals surface area contributed by atoms with Gasteiger partial charge in [0.2, 0.25) is 5.89 Å². The van der Waals surface area contributed by atoms with E-state index in [1.54, 1.807) is 6.92 Å². The van der Waals surface area contributed by atoms with Gasteiger partial charge in [-0.15, -0.1) is 0 Å². The molecule has 0 aliphatic rings.